The summed E-state index contributed by atoms with van der Waals surface area (Å²) >= 11 is 0. The molecule has 1 aromatic carbocycles. The van der Waals surface area contributed by atoms with E-state index < -0.39 is 0 Å². The van der Waals surface area contributed by atoms with Crippen LogP contribution in [0.4, 0.5) is 5.82 Å². The zero-order valence-electron chi connectivity index (χ0n) is 23.0. The maximum Gasteiger partial charge on any atom is 0.318 e. The third kappa shape index (κ3) is 4.73. The zero-order chi connectivity index (χ0) is 26.2. The number of hydrogen-bond acceptors (Lipinski definition) is 6. The number of likely N-dealkylation sites (N-methyl/N-ethyl adjacent to an activating group) is 1. The molecule has 2 fully saturated rings. The van der Waals surface area contributed by atoms with E-state index in [1.165, 1.54) is 34.1 Å². The second kappa shape index (κ2) is 10.5. The van der Waals surface area contributed by atoms with Crippen LogP contribution < -0.4 is 9.64 Å². The van der Waals surface area contributed by atoms with Crippen LogP contribution in [0.2, 0.25) is 0 Å². The average molecular weight is 514 g/mol. The fraction of sp³-hybridized carbons (Fsp3) is 0.600. The van der Waals surface area contributed by atoms with E-state index in [1.807, 2.05) is 6.20 Å². The van der Waals surface area contributed by atoms with Gasteiger partial charge in [-0.05, 0) is 101 Å². The molecule has 1 unspecified atom stereocenters. The molecule has 6 rings (SSSR count). The van der Waals surface area contributed by atoms with E-state index in [9.17, 15) is 0 Å². The smallest absolute Gasteiger partial charge is 0.318 e. The van der Waals surface area contributed by atoms with E-state index in [0.717, 1.165) is 75.2 Å². The van der Waals surface area contributed by atoms with Crippen molar-refractivity contribution in [2.24, 2.45) is 5.92 Å². The van der Waals surface area contributed by atoms with Gasteiger partial charge in [-0.25, -0.2) is 6.57 Å². The van der Waals surface area contributed by atoms with E-state index in [4.69, 9.17) is 21.3 Å². The monoisotopic (exact) mass is 513 g/mol. The molecular formula is C30H39N7O. The van der Waals surface area contributed by atoms with Crippen LogP contribution in [0.25, 0.3) is 15.7 Å². The number of anilines is 1. The van der Waals surface area contributed by atoms with E-state index in [0.29, 0.717) is 37.0 Å². The SMILES string of the molecule is [C-]#[N+]C[C@@H]1CCCN(c2nc(OC[C@@H]3CCCN3C)nc3c2CCC(c2c(C)c(C)cc4[nH]ncc24)C3)C1. The van der Waals surface area contributed by atoms with Crippen LogP contribution in [0.5, 0.6) is 6.01 Å². The van der Waals surface area contributed by atoms with Gasteiger partial charge in [0.25, 0.3) is 0 Å². The van der Waals surface area contributed by atoms with Crippen LogP contribution in [0, 0.1) is 26.3 Å². The molecular weight excluding hydrogens is 474 g/mol. The number of aromatic nitrogens is 4. The summed E-state index contributed by atoms with van der Waals surface area (Å²) < 4.78 is 6.32. The van der Waals surface area contributed by atoms with Gasteiger partial charge in [0.05, 0.1) is 17.4 Å². The van der Waals surface area contributed by atoms with Crippen LogP contribution in [0.1, 0.15) is 66.0 Å². The van der Waals surface area contributed by atoms with Crippen molar-refractivity contribution in [3.05, 3.63) is 51.6 Å². The van der Waals surface area contributed by atoms with Crippen molar-refractivity contribution >= 4 is 16.7 Å². The summed E-state index contributed by atoms with van der Waals surface area (Å²) in [6, 6.07) is 3.15. The Hall–Kier alpha value is -3.18. The lowest BCUT2D eigenvalue weighted by Crippen LogP contribution is -2.38. The fourth-order valence-electron chi connectivity index (χ4n) is 6.93. The van der Waals surface area contributed by atoms with Crippen molar-refractivity contribution in [3.63, 3.8) is 0 Å². The van der Waals surface area contributed by atoms with Gasteiger partial charge in [-0.1, -0.05) is 0 Å². The number of fused-ring (bicyclic) bond motifs is 2. The van der Waals surface area contributed by atoms with Crippen molar-refractivity contribution < 1.29 is 4.74 Å². The third-order valence-corrected chi connectivity index (χ3v) is 9.20. The highest BCUT2D eigenvalue weighted by atomic mass is 16.5. The molecule has 2 aliphatic heterocycles. The van der Waals surface area contributed by atoms with Gasteiger partial charge in [0, 0.05) is 36.0 Å². The normalized spacial score (nSPS) is 23.9. The highest BCUT2D eigenvalue weighted by molar-refractivity contribution is 5.84. The third-order valence-electron chi connectivity index (χ3n) is 9.20. The number of ether oxygens (including phenoxy) is 1. The highest BCUT2D eigenvalue weighted by Gasteiger charge is 2.32. The van der Waals surface area contributed by atoms with E-state index >= 15 is 0 Å². The number of nitrogens with zero attached hydrogens (tertiary/aromatic N) is 6. The minimum absolute atomic E-state index is 0.385. The topological polar surface area (TPSA) is 74.5 Å². The lowest BCUT2D eigenvalue weighted by atomic mass is 9.78. The van der Waals surface area contributed by atoms with Crippen molar-refractivity contribution in [2.75, 3.05) is 44.7 Å². The summed E-state index contributed by atoms with van der Waals surface area (Å²) in [6.07, 6.45) is 9.50. The second-order valence-corrected chi connectivity index (χ2v) is 11.6. The van der Waals surface area contributed by atoms with Crippen molar-refractivity contribution in [1.82, 2.24) is 25.1 Å². The molecule has 3 aliphatic rings. The molecule has 1 aliphatic carbocycles. The minimum Gasteiger partial charge on any atom is -0.462 e. The summed E-state index contributed by atoms with van der Waals surface area (Å²) in [7, 11) is 2.18. The lowest BCUT2D eigenvalue weighted by molar-refractivity contribution is 0.187. The van der Waals surface area contributed by atoms with Crippen LogP contribution in [0.3, 0.4) is 0 Å². The molecule has 3 aromatic rings. The number of rotatable bonds is 6. The first-order chi connectivity index (χ1) is 18.5. The van der Waals surface area contributed by atoms with Gasteiger partial charge in [-0.15, -0.1) is 0 Å². The molecule has 8 nitrogen and oxygen atoms in total. The maximum absolute atomic E-state index is 7.38. The summed E-state index contributed by atoms with van der Waals surface area (Å²) in [6.45, 7) is 16.0. The number of piperidine rings is 1. The predicted octanol–water partition coefficient (Wildman–Crippen LogP) is 4.85. The number of nitrogens with one attached hydrogen (secondary N) is 1. The Balaban J connectivity index is 1.34. The Bertz CT molecular complexity index is 1360. The first-order valence-electron chi connectivity index (χ1n) is 14.3. The molecule has 0 saturated carbocycles. The molecule has 0 spiro atoms. The molecule has 0 radical (unpaired) electrons. The molecule has 200 valence electrons. The summed E-state index contributed by atoms with van der Waals surface area (Å²) in [5.41, 5.74) is 7.59. The van der Waals surface area contributed by atoms with Crippen LogP contribution >= 0.6 is 0 Å². The number of aromatic amines is 1. The maximum atomic E-state index is 7.38. The van der Waals surface area contributed by atoms with Gasteiger partial charge < -0.3 is 19.4 Å². The van der Waals surface area contributed by atoms with E-state index in [1.54, 1.807) is 0 Å². The quantitative estimate of drug-likeness (QED) is 0.475. The van der Waals surface area contributed by atoms with Crippen LogP contribution in [-0.2, 0) is 12.8 Å². The first-order valence-corrected chi connectivity index (χ1v) is 14.3. The zero-order valence-corrected chi connectivity index (χ0v) is 23.0. The number of hydrogen-bond donors (Lipinski definition) is 1. The molecule has 8 heteroatoms. The van der Waals surface area contributed by atoms with Crippen LogP contribution in [-0.4, -0.2) is 70.9 Å². The molecule has 2 aromatic heterocycles. The van der Waals surface area contributed by atoms with Gasteiger partial charge in [0.2, 0.25) is 6.54 Å². The molecule has 0 amide bonds. The number of likely N-dealkylation sites (tertiary alicyclic amines) is 1. The first kappa shape index (κ1) is 25.1. The van der Waals surface area contributed by atoms with Crippen molar-refractivity contribution in [3.8, 4) is 6.01 Å². The van der Waals surface area contributed by atoms with Gasteiger partial charge in [-0.3, -0.25) is 5.10 Å². The number of H-pyrrole nitrogens is 1. The Morgan fingerprint density at radius 1 is 1.16 bits per heavy atom. The summed E-state index contributed by atoms with van der Waals surface area (Å²) in [5, 5.41) is 8.77. The fourth-order valence-corrected chi connectivity index (χ4v) is 6.93. The Kier molecular flexibility index (Phi) is 6.96. The highest BCUT2D eigenvalue weighted by Crippen LogP contribution is 2.41. The van der Waals surface area contributed by atoms with Gasteiger partial charge in [0.1, 0.15) is 12.4 Å². The number of benzene rings is 1. The second-order valence-electron chi connectivity index (χ2n) is 11.6. The molecule has 4 heterocycles. The Morgan fingerprint density at radius 2 is 2.03 bits per heavy atom. The van der Waals surface area contributed by atoms with Gasteiger partial charge >= 0.3 is 6.01 Å². The van der Waals surface area contributed by atoms with E-state index in [-0.39, 0.29) is 0 Å². The molecule has 1 N–H and O–H groups in total. The Morgan fingerprint density at radius 3 is 2.84 bits per heavy atom. The standard InChI is InChI=1S/C30H39N7O/c1-19-13-27-25(16-32-35-27)28(20(19)2)22-9-10-24-26(14-22)33-30(38-18-23-8-6-11-36(23)4)34-29(24)37-12-5-7-21(17-37)15-31-3/h13,16,21-23H,5-12,14-15,17-18H2,1-2,4H3,(H,32,35)/t21-,22?,23-/m0/s1. The number of aryl methyl sites for hydroxylation is 1. The average Bonchev–Trinajstić information content (AvgIpc) is 3.56. The summed E-state index contributed by atoms with van der Waals surface area (Å²) in [4.78, 5) is 18.6. The molecule has 3 atom stereocenters. The molecule has 38 heavy (non-hydrogen) atoms. The minimum atomic E-state index is 0.385. The van der Waals surface area contributed by atoms with Crippen molar-refractivity contribution in [2.45, 2.75) is 70.8 Å². The largest absolute Gasteiger partial charge is 0.462 e. The van der Waals surface area contributed by atoms with Gasteiger partial charge in [0.15, 0.2) is 0 Å². The lowest BCUT2D eigenvalue weighted by Gasteiger charge is -2.35. The van der Waals surface area contributed by atoms with Crippen molar-refractivity contribution in [1.29, 1.82) is 0 Å². The molecule has 0 bridgehead atoms. The Labute approximate surface area is 225 Å². The van der Waals surface area contributed by atoms with E-state index in [2.05, 4.69) is 51.8 Å². The summed E-state index contributed by atoms with van der Waals surface area (Å²) in [5.74, 6) is 1.84. The molecule has 2 saturated heterocycles. The predicted molar refractivity (Wildman–Crippen MR) is 150 cm³/mol. The van der Waals surface area contributed by atoms with Crippen LogP contribution in [0.15, 0.2) is 12.3 Å². The van der Waals surface area contributed by atoms with Gasteiger partial charge in [-0.2, -0.15) is 15.1 Å².